The molecule has 2 atom stereocenters. The van der Waals surface area contributed by atoms with Gasteiger partial charge < -0.3 is 35.9 Å². The topological polar surface area (TPSA) is 159 Å². The molecule has 1 N–H and O–H groups in total. The van der Waals surface area contributed by atoms with E-state index in [0.29, 0.717) is 24.7 Å². The van der Waals surface area contributed by atoms with Gasteiger partial charge in [0.25, 0.3) is 0 Å². The monoisotopic (exact) mass is 821 g/mol. The van der Waals surface area contributed by atoms with Crippen molar-refractivity contribution in [3.63, 3.8) is 0 Å². The molecule has 2 saturated carbocycles. The van der Waals surface area contributed by atoms with E-state index < -0.39 is 0 Å². The molecule has 2 aliphatic carbocycles. The van der Waals surface area contributed by atoms with Gasteiger partial charge in [0.1, 0.15) is 23.2 Å². The van der Waals surface area contributed by atoms with Crippen LogP contribution < -0.4 is 5.32 Å². The predicted molar refractivity (Wildman–Crippen MR) is 223 cm³/mol. The standard InChI is InChI=1S/C19H32N5.C19H22N5.2CNS.Mn/c2*1-14-8-10-15(11-9-14)24-18(16-6-2-4-12-20-16)22-23-19(24)17-7-3-5-13-21-17;2*2-1-3;/h14-17,20H,2-13H2,1H3;2-7,12,14-15H,8-11,13H2,1H3;;;/q4*-1;. The normalized spacial score (nSPS) is 25.9. The van der Waals surface area contributed by atoms with Gasteiger partial charge in [-0.25, -0.2) is 0 Å². The van der Waals surface area contributed by atoms with Crippen molar-refractivity contribution in [2.24, 2.45) is 11.8 Å². The maximum atomic E-state index is 7.13. The van der Waals surface area contributed by atoms with E-state index in [4.69, 9.17) is 21.2 Å². The molecule has 1 radical (unpaired) electrons. The van der Waals surface area contributed by atoms with Crippen LogP contribution in [0.4, 0.5) is 0 Å². The van der Waals surface area contributed by atoms with Gasteiger partial charge in [-0.15, -0.1) is 39.6 Å². The van der Waals surface area contributed by atoms with Gasteiger partial charge >= 0.3 is 0 Å². The molecule has 3 aliphatic heterocycles. The summed E-state index contributed by atoms with van der Waals surface area (Å²) in [7, 11) is 0. The maximum Gasteiger partial charge on any atom is 0.183 e. The minimum atomic E-state index is 0. The predicted octanol–water partition coefficient (Wildman–Crippen LogP) is 10.1. The van der Waals surface area contributed by atoms with Crippen molar-refractivity contribution < 1.29 is 17.1 Å². The van der Waals surface area contributed by atoms with E-state index in [2.05, 4.69) is 78.3 Å². The van der Waals surface area contributed by atoms with Crippen LogP contribution in [-0.2, 0) is 17.1 Å². The zero-order valence-corrected chi connectivity index (χ0v) is 35.0. The van der Waals surface area contributed by atoms with Crippen molar-refractivity contribution >= 4 is 40.5 Å². The number of pyridine rings is 1. The van der Waals surface area contributed by atoms with Crippen molar-refractivity contribution in [3.8, 4) is 11.5 Å². The van der Waals surface area contributed by atoms with Crippen molar-refractivity contribution in [2.75, 3.05) is 19.6 Å². The first kappa shape index (κ1) is 44.5. The van der Waals surface area contributed by atoms with Gasteiger partial charge in [0.05, 0.1) is 6.04 Å². The van der Waals surface area contributed by atoms with Crippen LogP contribution in [0.15, 0.2) is 42.6 Å². The second kappa shape index (κ2) is 23.7. The minimum absolute atomic E-state index is 0. The average molecular weight is 822 g/mol. The van der Waals surface area contributed by atoms with Gasteiger partial charge in [0.2, 0.25) is 0 Å². The Kier molecular flexibility index (Phi) is 19.2. The quantitative estimate of drug-likeness (QED) is 0.146. The number of rotatable bonds is 6. The molecule has 3 aromatic rings. The van der Waals surface area contributed by atoms with Gasteiger partial charge in [-0.2, -0.15) is 10.3 Å². The Labute approximate surface area is 348 Å². The largest absolute Gasteiger partial charge is 0.753 e. The van der Waals surface area contributed by atoms with Crippen molar-refractivity contribution in [3.05, 3.63) is 81.5 Å². The Morgan fingerprint density at radius 1 is 0.764 bits per heavy atom. The van der Waals surface area contributed by atoms with Gasteiger partial charge in [0, 0.05) is 35.3 Å². The first-order valence-electron chi connectivity index (χ1n) is 19.8. The number of aromatic nitrogens is 7. The van der Waals surface area contributed by atoms with Gasteiger partial charge in [0.15, 0.2) is 5.82 Å². The molecular formula is C40H54MnN12S2-4. The molecule has 12 nitrogen and oxygen atoms in total. The Bertz CT molecular complexity index is 1650. The van der Waals surface area contributed by atoms with Gasteiger partial charge in [-0.1, -0.05) is 93.9 Å². The van der Waals surface area contributed by atoms with Crippen LogP contribution >= 0.6 is 24.4 Å². The van der Waals surface area contributed by atoms with Crippen LogP contribution in [0.5, 0.6) is 0 Å². The average Bonchev–Trinajstić information content (AvgIpc) is 3.87. The summed E-state index contributed by atoms with van der Waals surface area (Å²) in [5.41, 5.74) is 1.80. The summed E-state index contributed by atoms with van der Waals surface area (Å²) in [6, 6.07) is 7.61. The Morgan fingerprint density at radius 3 is 1.96 bits per heavy atom. The molecule has 0 aromatic carbocycles. The first-order chi connectivity index (χ1) is 26.5. The molecule has 3 aromatic heterocycles. The van der Waals surface area contributed by atoms with E-state index in [1.807, 2.05) is 42.6 Å². The molecule has 0 amide bonds. The molecular weight excluding hydrogens is 768 g/mol. The van der Waals surface area contributed by atoms with Crippen LogP contribution in [0.1, 0.15) is 145 Å². The molecule has 5 aliphatic rings. The first-order valence-corrected chi connectivity index (χ1v) is 20.6. The Morgan fingerprint density at radius 2 is 1.40 bits per heavy atom. The van der Waals surface area contributed by atoms with E-state index >= 15 is 0 Å². The summed E-state index contributed by atoms with van der Waals surface area (Å²) >= 11 is 7.40. The molecule has 0 bridgehead atoms. The third-order valence-corrected chi connectivity index (χ3v) is 11.2. The fourth-order valence-corrected chi connectivity index (χ4v) is 8.28. The van der Waals surface area contributed by atoms with Crippen LogP contribution in [0.3, 0.4) is 0 Å². The SMILES string of the molecule is CC1CCC(n2c(C3=CC=CC[N-]3)nnc2-c2ccccn2)CC1.CC1CCC(n2c(C3CCCC[N-]3)nnc2C2CCCCN2)CC1.[Mn].[N-]=C=S.[N-]=C=S. The number of hydrogen-bond acceptors (Lipinski definition) is 8. The van der Waals surface area contributed by atoms with E-state index in [-0.39, 0.29) is 23.1 Å². The van der Waals surface area contributed by atoms with Crippen molar-refractivity contribution in [1.82, 2.24) is 39.8 Å². The summed E-state index contributed by atoms with van der Waals surface area (Å²) in [5.74, 6) is 5.77. The smallest absolute Gasteiger partial charge is 0.183 e. The molecule has 55 heavy (non-hydrogen) atoms. The summed E-state index contributed by atoms with van der Waals surface area (Å²) < 4.78 is 4.82. The van der Waals surface area contributed by atoms with E-state index in [9.17, 15) is 0 Å². The Balaban J connectivity index is 0.000000211. The molecule has 4 fully saturated rings. The number of nitrogens with zero attached hydrogens (tertiary/aromatic N) is 11. The number of nitrogens with one attached hydrogen (secondary N) is 1. The van der Waals surface area contributed by atoms with Gasteiger partial charge in [-0.05, 0) is 94.7 Å². The van der Waals surface area contributed by atoms with Crippen LogP contribution in [-0.4, -0.2) is 64.5 Å². The zero-order chi connectivity index (χ0) is 38.1. The summed E-state index contributed by atoms with van der Waals surface area (Å²) in [6.07, 6.45) is 25.4. The van der Waals surface area contributed by atoms with Crippen molar-refractivity contribution in [2.45, 2.75) is 128 Å². The van der Waals surface area contributed by atoms with E-state index in [1.165, 1.54) is 86.8 Å². The van der Waals surface area contributed by atoms with Crippen LogP contribution in [0, 0.1) is 11.8 Å². The zero-order valence-electron chi connectivity index (χ0n) is 32.1. The van der Waals surface area contributed by atoms with Crippen LogP contribution in [0.25, 0.3) is 38.7 Å². The third-order valence-electron chi connectivity index (χ3n) is 11.2. The molecule has 6 heterocycles. The summed E-state index contributed by atoms with van der Waals surface area (Å²) in [6.45, 7) is 7.55. The Hall–Kier alpha value is -3.25. The molecule has 297 valence electrons. The fraction of sp³-hybridized carbons (Fsp3) is 0.625. The summed E-state index contributed by atoms with van der Waals surface area (Å²) in [4.78, 5) is 4.49. The molecule has 2 unspecified atom stereocenters. The number of allylic oxidation sites excluding steroid dienone is 2. The van der Waals surface area contributed by atoms with Gasteiger partial charge in [-0.3, -0.25) is 4.98 Å². The second-order valence-electron chi connectivity index (χ2n) is 15.0. The molecule has 15 heteroatoms. The number of isothiocyanates is 2. The summed E-state index contributed by atoms with van der Waals surface area (Å²) in [5, 5.41) is 48.5. The molecule has 8 rings (SSSR count). The number of hydrogen-bond donors (Lipinski definition) is 1. The molecule has 2 saturated heterocycles. The van der Waals surface area contributed by atoms with Crippen LogP contribution in [0.2, 0.25) is 0 Å². The van der Waals surface area contributed by atoms with Crippen molar-refractivity contribution in [1.29, 1.82) is 0 Å². The maximum absolute atomic E-state index is 7.13. The fourth-order valence-electron chi connectivity index (χ4n) is 8.28. The third kappa shape index (κ3) is 12.4. The number of piperidine rings is 2. The molecule has 0 spiro atoms. The number of thiocarbonyl (C=S) groups is 2. The minimum Gasteiger partial charge on any atom is -0.753 e. The van der Waals surface area contributed by atoms with E-state index in [1.54, 1.807) is 0 Å². The van der Waals surface area contributed by atoms with E-state index in [0.717, 1.165) is 73.1 Å². The second-order valence-corrected chi connectivity index (χ2v) is 15.3.